The van der Waals surface area contributed by atoms with Crippen LogP contribution in [0.25, 0.3) is 88.3 Å². The summed E-state index contributed by atoms with van der Waals surface area (Å²) in [4.78, 5) is 0. The first-order valence-electron chi connectivity index (χ1n) is 15.9. The van der Waals surface area contributed by atoms with Gasteiger partial charge in [-0.2, -0.15) is 0 Å². The molecular formula is C46H30. The molecule has 0 saturated heterocycles. The molecular weight excluding hydrogens is 553 g/mol. The van der Waals surface area contributed by atoms with Gasteiger partial charge in [0.25, 0.3) is 0 Å². The van der Waals surface area contributed by atoms with E-state index < -0.39 is 0 Å². The summed E-state index contributed by atoms with van der Waals surface area (Å²) in [6.45, 7) is 0. The molecule has 0 amide bonds. The fourth-order valence-corrected chi connectivity index (χ4v) is 6.87. The van der Waals surface area contributed by atoms with E-state index in [1.165, 1.54) is 87.2 Å². The highest BCUT2D eigenvalue weighted by Crippen LogP contribution is 2.33. The van der Waals surface area contributed by atoms with Crippen LogP contribution >= 0.6 is 0 Å². The van der Waals surface area contributed by atoms with E-state index in [2.05, 4.69) is 182 Å². The molecule has 0 saturated carbocycles. The van der Waals surface area contributed by atoms with E-state index in [0.717, 1.165) is 0 Å². The lowest BCUT2D eigenvalue weighted by atomic mass is 9.95. The first kappa shape index (κ1) is 26.4. The van der Waals surface area contributed by atoms with Crippen LogP contribution in [0.2, 0.25) is 0 Å². The van der Waals surface area contributed by atoms with Crippen molar-refractivity contribution in [1.82, 2.24) is 0 Å². The summed E-state index contributed by atoms with van der Waals surface area (Å²) in [5.41, 5.74) is 7.41. The van der Waals surface area contributed by atoms with Crippen LogP contribution in [0.1, 0.15) is 11.1 Å². The summed E-state index contributed by atoms with van der Waals surface area (Å²) >= 11 is 0. The summed E-state index contributed by atoms with van der Waals surface area (Å²) in [6.07, 6.45) is 4.43. The Morgan fingerprint density at radius 3 is 1.37 bits per heavy atom. The van der Waals surface area contributed by atoms with Gasteiger partial charge >= 0.3 is 0 Å². The van der Waals surface area contributed by atoms with Gasteiger partial charge < -0.3 is 0 Å². The lowest BCUT2D eigenvalue weighted by Crippen LogP contribution is -1.83. The lowest BCUT2D eigenvalue weighted by Gasteiger charge is -2.09. The largest absolute Gasteiger partial charge is 0.0616 e. The number of hydrogen-bond donors (Lipinski definition) is 0. The van der Waals surface area contributed by atoms with E-state index in [4.69, 9.17) is 0 Å². The minimum atomic E-state index is 1.20. The normalized spacial score (nSPS) is 11.8. The SMILES string of the molecule is C(=C\c1ccc2cc(-c3cccc4ccccc34)ccc2c1)/c1ccc2cc(-c3ccc4cc5ccccc5cc4c3)ccc2c1. The number of rotatable bonds is 4. The van der Waals surface area contributed by atoms with Crippen LogP contribution in [0, 0.1) is 0 Å². The van der Waals surface area contributed by atoms with Gasteiger partial charge in [-0.3, -0.25) is 0 Å². The molecule has 0 aliphatic rings. The summed E-state index contributed by atoms with van der Waals surface area (Å²) < 4.78 is 0. The van der Waals surface area contributed by atoms with E-state index in [9.17, 15) is 0 Å². The number of benzene rings is 9. The molecule has 0 unspecified atom stereocenters. The Balaban J connectivity index is 0.975. The lowest BCUT2D eigenvalue weighted by molar-refractivity contribution is 1.66. The van der Waals surface area contributed by atoms with Gasteiger partial charge in [0.15, 0.2) is 0 Å². The summed E-state index contributed by atoms with van der Waals surface area (Å²) in [5.74, 6) is 0. The molecule has 9 rings (SSSR count). The van der Waals surface area contributed by atoms with Crippen LogP contribution in [0.4, 0.5) is 0 Å². The van der Waals surface area contributed by atoms with Crippen molar-refractivity contribution in [3.05, 3.63) is 181 Å². The second-order valence-corrected chi connectivity index (χ2v) is 12.3. The molecule has 9 aromatic carbocycles. The number of fused-ring (bicyclic) bond motifs is 5. The third kappa shape index (κ3) is 4.82. The van der Waals surface area contributed by atoms with Crippen LogP contribution < -0.4 is 0 Å². The molecule has 0 heterocycles. The Morgan fingerprint density at radius 1 is 0.261 bits per heavy atom. The maximum absolute atomic E-state index is 2.31. The van der Waals surface area contributed by atoms with Gasteiger partial charge in [-0.05, 0) is 130 Å². The summed E-state index contributed by atoms with van der Waals surface area (Å²) in [7, 11) is 0. The Labute approximate surface area is 268 Å². The average Bonchev–Trinajstić information content (AvgIpc) is 3.12. The van der Waals surface area contributed by atoms with E-state index in [1.807, 2.05) is 0 Å². The monoisotopic (exact) mass is 582 g/mol. The zero-order valence-corrected chi connectivity index (χ0v) is 25.3. The molecule has 0 heteroatoms. The van der Waals surface area contributed by atoms with Crippen molar-refractivity contribution < 1.29 is 0 Å². The zero-order chi connectivity index (χ0) is 30.5. The number of hydrogen-bond acceptors (Lipinski definition) is 0. The first-order valence-corrected chi connectivity index (χ1v) is 15.9. The van der Waals surface area contributed by atoms with Crippen molar-refractivity contribution in [2.24, 2.45) is 0 Å². The van der Waals surface area contributed by atoms with Gasteiger partial charge in [-0.1, -0.05) is 140 Å². The quantitative estimate of drug-likeness (QED) is 0.143. The van der Waals surface area contributed by atoms with E-state index >= 15 is 0 Å². The molecule has 0 spiro atoms. The van der Waals surface area contributed by atoms with Gasteiger partial charge in [0.1, 0.15) is 0 Å². The van der Waals surface area contributed by atoms with Crippen molar-refractivity contribution in [2.45, 2.75) is 0 Å². The van der Waals surface area contributed by atoms with E-state index in [0.29, 0.717) is 0 Å². The molecule has 9 aromatic rings. The molecule has 0 aliphatic heterocycles. The zero-order valence-electron chi connectivity index (χ0n) is 25.3. The van der Waals surface area contributed by atoms with E-state index in [1.54, 1.807) is 0 Å². The highest BCUT2D eigenvalue weighted by molar-refractivity contribution is 6.01. The minimum absolute atomic E-state index is 1.20. The minimum Gasteiger partial charge on any atom is -0.0616 e. The fourth-order valence-electron chi connectivity index (χ4n) is 6.87. The maximum atomic E-state index is 2.31. The maximum Gasteiger partial charge on any atom is -0.0105 e. The van der Waals surface area contributed by atoms with Crippen LogP contribution in [0.15, 0.2) is 170 Å². The van der Waals surface area contributed by atoms with Gasteiger partial charge in [0.2, 0.25) is 0 Å². The molecule has 46 heavy (non-hydrogen) atoms. The molecule has 0 atom stereocenters. The van der Waals surface area contributed by atoms with Crippen LogP contribution in [-0.4, -0.2) is 0 Å². The van der Waals surface area contributed by atoms with Gasteiger partial charge in [-0.15, -0.1) is 0 Å². The molecule has 0 N–H and O–H groups in total. The van der Waals surface area contributed by atoms with Crippen LogP contribution in [-0.2, 0) is 0 Å². The third-order valence-electron chi connectivity index (χ3n) is 9.34. The fraction of sp³-hybridized carbons (Fsp3) is 0. The molecule has 0 radical (unpaired) electrons. The molecule has 0 fully saturated rings. The van der Waals surface area contributed by atoms with Crippen molar-refractivity contribution in [1.29, 1.82) is 0 Å². The topological polar surface area (TPSA) is 0 Å². The average molecular weight is 583 g/mol. The Morgan fingerprint density at radius 2 is 0.696 bits per heavy atom. The summed E-state index contributed by atoms with van der Waals surface area (Å²) in [6, 6.07) is 62.2. The molecule has 214 valence electrons. The Bertz CT molecular complexity index is 2630. The predicted octanol–water partition coefficient (Wildman–Crippen LogP) is 13.0. The van der Waals surface area contributed by atoms with Gasteiger partial charge in [-0.25, -0.2) is 0 Å². The van der Waals surface area contributed by atoms with Crippen LogP contribution in [0.3, 0.4) is 0 Å². The third-order valence-corrected chi connectivity index (χ3v) is 9.34. The predicted molar refractivity (Wildman–Crippen MR) is 200 cm³/mol. The molecule has 0 nitrogen and oxygen atoms in total. The molecule has 0 bridgehead atoms. The van der Waals surface area contributed by atoms with Crippen molar-refractivity contribution in [3.63, 3.8) is 0 Å². The van der Waals surface area contributed by atoms with E-state index in [-0.39, 0.29) is 0 Å². The first-order chi connectivity index (χ1) is 22.7. The molecule has 0 aliphatic carbocycles. The standard InChI is InChI=1S/C46H30/c1-2-8-35-29-44-30-41(20-21-42(44)26-34(35)7-1)40-19-18-36-24-31(14-16-38(36)27-40)12-13-32-15-17-39-28-43(23-22-37(39)25-32)46-11-5-9-33-6-3-4-10-45(33)46/h1-30H/b13-12+. The van der Waals surface area contributed by atoms with Crippen molar-refractivity contribution in [2.75, 3.05) is 0 Å². The Hall–Kier alpha value is -5.98. The van der Waals surface area contributed by atoms with Crippen molar-refractivity contribution >= 4 is 66.0 Å². The second-order valence-electron chi connectivity index (χ2n) is 12.3. The van der Waals surface area contributed by atoms with Gasteiger partial charge in [0, 0.05) is 0 Å². The van der Waals surface area contributed by atoms with Crippen LogP contribution in [0.5, 0.6) is 0 Å². The van der Waals surface area contributed by atoms with Crippen molar-refractivity contribution in [3.8, 4) is 22.3 Å². The highest BCUT2D eigenvalue weighted by atomic mass is 14.1. The van der Waals surface area contributed by atoms with Gasteiger partial charge in [0.05, 0.1) is 0 Å². The Kier molecular flexibility index (Phi) is 6.25. The summed E-state index contributed by atoms with van der Waals surface area (Å²) in [5, 5.41) is 12.7. The highest BCUT2D eigenvalue weighted by Gasteiger charge is 2.06. The smallest absolute Gasteiger partial charge is 0.0105 e. The molecule has 0 aromatic heterocycles. The second kappa shape index (κ2) is 10.9.